The summed E-state index contributed by atoms with van der Waals surface area (Å²) in [4.78, 5) is 12.2. The van der Waals surface area contributed by atoms with Gasteiger partial charge in [-0.05, 0) is 55.8 Å². The van der Waals surface area contributed by atoms with E-state index < -0.39 is 0 Å². The maximum absolute atomic E-state index is 12.2. The maximum atomic E-state index is 12.2. The number of amides is 1. The van der Waals surface area contributed by atoms with Crippen LogP contribution in [0.1, 0.15) is 68.8 Å². The van der Waals surface area contributed by atoms with Crippen LogP contribution in [0.5, 0.6) is 0 Å². The number of unbranched alkanes of at least 4 members (excludes halogenated alkanes) is 2. The van der Waals surface area contributed by atoms with Crippen LogP contribution in [0.2, 0.25) is 0 Å². The molecule has 1 aromatic rings. The van der Waals surface area contributed by atoms with Crippen molar-refractivity contribution in [3.8, 4) is 0 Å². The summed E-state index contributed by atoms with van der Waals surface area (Å²) in [6, 6.07) is 7.81. The zero-order valence-electron chi connectivity index (χ0n) is 19.5. The molecule has 172 valence electrons. The first-order chi connectivity index (χ1) is 14.8. The summed E-state index contributed by atoms with van der Waals surface area (Å²) in [5.41, 5.74) is 10.2. The molecule has 0 spiro atoms. The van der Waals surface area contributed by atoms with Crippen LogP contribution < -0.4 is 32.3 Å². The van der Waals surface area contributed by atoms with Crippen molar-refractivity contribution >= 4 is 5.91 Å². The average Bonchev–Trinajstić information content (AvgIpc) is 3.20. The second-order valence-electron chi connectivity index (χ2n) is 9.02. The molecule has 0 saturated heterocycles. The van der Waals surface area contributed by atoms with E-state index in [1.807, 2.05) is 43.7 Å². The van der Waals surface area contributed by atoms with Crippen molar-refractivity contribution in [2.45, 2.75) is 64.6 Å². The molecule has 7 N–H and O–H groups in total. The number of nitrogens with two attached hydrogens (primary N) is 1. The molecule has 2 rings (SSSR count). The van der Waals surface area contributed by atoms with Gasteiger partial charge < -0.3 is 27.0 Å². The zero-order valence-corrected chi connectivity index (χ0v) is 19.5. The quantitative estimate of drug-likeness (QED) is 0.286. The first-order valence-corrected chi connectivity index (χ1v) is 11.2. The lowest BCUT2D eigenvalue weighted by molar-refractivity contribution is 0.0954. The van der Waals surface area contributed by atoms with Gasteiger partial charge in [-0.3, -0.25) is 10.1 Å². The number of rotatable bonds is 12. The van der Waals surface area contributed by atoms with Gasteiger partial charge in [0.05, 0.1) is 0 Å². The molecule has 0 radical (unpaired) electrons. The topological polar surface area (TPSA) is 103 Å². The summed E-state index contributed by atoms with van der Waals surface area (Å²) in [6.07, 6.45) is 9.32. The van der Waals surface area contributed by atoms with E-state index in [1.54, 1.807) is 0 Å². The van der Waals surface area contributed by atoms with Gasteiger partial charge in [0.15, 0.2) is 6.29 Å². The van der Waals surface area contributed by atoms with Gasteiger partial charge in [-0.2, -0.15) is 0 Å². The third kappa shape index (κ3) is 8.92. The molecule has 7 nitrogen and oxygen atoms in total. The molecule has 31 heavy (non-hydrogen) atoms. The molecule has 1 amide bonds. The second kappa shape index (κ2) is 12.2. The molecule has 1 unspecified atom stereocenters. The monoisotopic (exact) mass is 428 g/mol. The Hall–Kier alpha value is -2.67. The fourth-order valence-electron chi connectivity index (χ4n) is 3.32. The van der Waals surface area contributed by atoms with Crippen molar-refractivity contribution in [1.29, 1.82) is 0 Å². The molecule has 1 aliphatic rings. The molecule has 0 bridgehead atoms. The molecule has 1 aromatic carbocycles. The Bertz CT molecular complexity index is 748. The molecular formula is C24H40N6O. The fraction of sp³-hybridized carbons (Fsp3) is 0.542. The number of hydrogen-bond donors (Lipinski definition) is 6. The highest BCUT2D eigenvalue weighted by atomic mass is 16.1. The van der Waals surface area contributed by atoms with Crippen LogP contribution in [0.4, 0.5) is 0 Å². The Morgan fingerprint density at radius 2 is 1.87 bits per heavy atom. The van der Waals surface area contributed by atoms with E-state index in [-0.39, 0.29) is 17.6 Å². The minimum absolute atomic E-state index is 0.0534. The molecule has 0 aromatic heterocycles. The lowest BCUT2D eigenvalue weighted by Crippen LogP contribution is -2.43. The number of benzene rings is 1. The predicted octanol–water partition coefficient (Wildman–Crippen LogP) is 2.59. The molecule has 1 heterocycles. The summed E-state index contributed by atoms with van der Waals surface area (Å²) in [5, 5.41) is 15.8. The minimum atomic E-state index is -0.0534. The van der Waals surface area contributed by atoms with Gasteiger partial charge in [-0.25, -0.2) is 0 Å². The highest BCUT2D eigenvalue weighted by molar-refractivity contribution is 5.94. The van der Waals surface area contributed by atoms with Crippen LogP contribution in [-0.2, 0) is 5.41 Å². The van der Waals surface area contributed by atoms with Crippen LogP contribution in [0.15, 0.2) is 48.1 Å². The van der Waals surface area contributed by atoms with Gasteiger partial charge in [-0.1, -0.05) is 39.3 Å². The predicted molar refractivity (Wildman–Crippen MR) is 128 cm³/mol. The van der Waals surface area contributed by atoms with Crippen LogP contribution >= 0.6 is 0 Å². The summed E-state index contributed by atoms with van der Waals surface area (Å²) in [6.45, 7) is 7.68. The molecule has 0 fully saturated rings. The lowest BCUT2D eigenvalue weighted by atomic mass is 9.87. The maximum Gasteiger partial charge on any atom is 0.251 e. The average molecular weight is 429 g/mol. The van der Waals surface area contributed by atoms with E-state index in [4.69, 9.17) is 5.73 Å². The Labute approximate surface area is 187 Å². The minimum Gasteiger partial charge on any atom is -0.401 e. The van der Waals surface area contributed by atoms with Crippen LogP contribution in [0.25, 0.3) is 0 Å². The third-order valence-corrected chi connectivity index (χ3v) is 5.31. The van der Waals surface area contributed by atoms with Crippen molar-refractivity contribution in [2.75, 3.05) is 20.1 Å². The largest absolute Gasteiger partial charge is 0.401 e. The summed E-state index contributed by atoms with van der Waals surface area (Å²) in [7, 11) is 1.92. The molecular weight excluding hydrogens is 388 g/mol. The Morgan fingerprint density at radius 3 is 2.52 bits per heavy atom. The third-order valence-electron chi connectivity index (χ3n) is 5.31. The first kappa shape index (κ1) is 24.6. The van der Waals surface area contributed by atoms with E-state index in [9.17, 15) is 4.79 Å². The van der Waals surface area contributed by atoms with E-state index >= 15 is 0 Å². The summed E-state index contributed by atoms with van der Waals surface area (Å²) in [5.74, 6) is -0.0534. The van der Waals surface area contributed by atoms with Crippen molar-refractivity contribution in [3.05, 3.63) is 59.2 Å². The van der Waals surface area contributed by atoms with Gasteiger partial charge in [0, 0.05) is 42.4 Å². The summed E-state index contributed by atoms with van der Waals surface area (Å²) >= 11 is 0. The van der Waals surface area contributed by atoms with E-state index in [0.29, 0.717) is 18.7 Å². The van der Waals surface area contributed by atoms with Gasteiger partial charge in [0.25, 0.3) is 5.91 Å². The second-order valence-corrected chi connectivity index (χ2v) is 9.02. The molecule has 7 heteroatoms. The lowest BCUT2D eigenvalue weighted by Gasteiger charge is -2.19. The highest BCUT2D eigenvalue weighted by Crippen LogP contribution is 2.22. The fourth-order valence-corrected chi connectivity index (χ4v) is 3.32. The van der Waals surface area contributed by atoms with E-state index in [2.05, 4.69) is 47.4 Å². The first-order valence-electron chi connectivity index (χ1n) is 11.2. The van der Waals surface area contributed by atoms with Crippen molar-refractivity contribution < 1.29 is 4.79 Å². The van der Waals surface area contributed by atoms with Crippen molar-refractivity contribution in [1.82, 2.24) is 26.6 Å². The number of nitrogens with one attached hydrogen (secondary N) is 5. The Kier molecular flexibility index (Phi) is 9.72. The normalized spacial score (nSPS) is 16.3. The molecule has 1 aliphatic heterocycles. The van der Waals surface area contributed by atoms with Gasteiger partial charge in [0.2, 0.25) is 0 Å². The van der Waals surface area contributed by atoms with Gasteiger partial charge >= 0.3 is 0 Å². The number of allylic oxidation sites excluding steroid dienone is 2. The molecule has 0 aliphatic carbocycles. The smallest absolute Gasteiger partial charge is 0.251 e. The van der Waals surface area contributed by atoms with Crippen molar-refractivity contribution in [3.63, 3.8) is 0 Å². The summed E-state index contributed by atoms with van der Waals surface area (Å²) < 4.78 is 0. The van der Waals surface area contributed by atoms with Crippen molar-refractivity contribution in [2.24, 2.45) is 5.73 Å². The van der Waals surface area contributed by atoms with Crippen LogP contribution in [0.3, 0.4) is 0 Å². The van der Waals surface area contributed by atoms with Crippen LogP contribution in [-0.4, -0.2) is 32.3 Å². The van der Waals surface area contributed by atoms with Gasteiger partial charge in [0.1, 0.15) is 0 Å². The SMILES string of the molecule is CNC1NC=C(CCCCC/C(N)=C/NCCNC(=O)c2ccc(C(C)(C)C)cc2)N1. The Balaban J connectivity index is 1.53. The van der Waals surface area contributed by atoms with Crippen LogP contribution in [0, 0.1) is 0 Å². The van der Waals surface area contributed by atoms with Gasteiger partial charge in [-0.15, -0.1) is 0 Å². The highest BCUT2D eigenvalue weighted by Gasteiger charge is 2.14. The molecule has 0 saturated carbocycles. The molecule has 1 atom stereocenters. The van der Waals surface area contributed by atoms with E-state index in [1.165, 1.54) is 11.3 Å². The standard InChI is InChI=1S/C24H40N6O/c1-24(2,3)19-12-10-18(11-13-19)22(31)28-15-14-27-16-20(25)8-6-5-7-9-21-17-29-23(26-4)30-21/h10-13,16-17,23,26-27,29-30H,5-9,14-15,25H2,1-4H3,(H,28,31)/b20-16-. The number of hydrogen-bond acceptors (Lipinski definition) is 6. The zero-order chi connectivity index (χ0) is 22.7. The van der Waals surface area contributed by atoms with E-state index in [0.717, 1.165) is 37.8 Å². The number of carbonyl (C=O) groups is 1. The Morgan fingerprint density at radius 1 is 1.13 bits per heavy atom. The number of carbonyl (C=O) groups excluding carboxylic acids is 1.